The molecule has 0 saturated heterocycles. The minimum absolute atomic E-state index is 0.0970. The molecule has 0 bridgehead atoms. The van der Waals surface area contributed by atoms with Crippen LogP contribution in [0.25, 0.3) is 0 Å². The molecule has 0 aliphatic carbocycles. The van der Waals surface area contributed by atoms with E-state index in [1.54, 1.807) is 12.1 Å². The second kappa shape index (κ2) is 8.92. The number of rotatable bonds is 6. The number of sulfonamides is 1. The van der Waals surface area contributed by atoms with Gasteiger partial charge in [0.2, 0.25) is 0 Å². The van der Waals surface area contributed by atoms with E-state index in [2.05, 4.69) is 15.0 Å². The Balaban J connectivity index is 1.74. The predicted molar refractivity (Wildman–Crippen MR) is 114 cm³/mol. The summed E-state index contributed by atoms with van der Waals surface area (Å²) in [5, 5.41) is 2.64. The number of hydrogen-bond acceptors (Lipinski definition) is 5. The molecule has 2 amide bonds. The average Bonchev–Trinajstić information content (AvgIpc) is 2.75. The van der Waals surface area contributed by atoms with Gasteiger partial charge < -0.3 is 10.2 Å². The summed E-state index contributed by atoms with van der Waals surface area (Å²) in [6.07, 6.45) is 2.97. The van der Waals surface area contributed by atoms with Crippen LogP contribution in [0.2, 0.25) is 0 Å². The van der Waals surface area contributed by atoms with Crippen LogP contribution in [0.5, 0.6) is 0 Å². The Bertz CT molecular complexity index is 1210. The first-order valence-electron chi connectivity index (χ1n) is 9.03. The first-order chi connectivity index (χ1) is 14.7. The fourth-order valence-corrected chi connectivity index (χ4v) is 3.68. The molecule has 0 atom stereocenters. The van der Waals surface area contributed by atoms with Gasteiger partial charge in [0.05, 0.1) is 10.6 Å². The first-order valence-corrected chi connectivity index (χ1v) is 10.5. The van der Waals surface area contributed by atoms with Crippen molar-refractivity contribution in [2.24, 2.45) is 0 Å². The van der Waals surface area contributed by atoms with Crippen molar-refractivity contribution in [1.29, 1.82) is 0 Å². The molecule has 160 valence electrons. The molecule has 0 spiro atoms. The van der Waals surface area contributed by atoms with Crippen LogP contribution >= 0.6 is 0 Å². The molecule has 31 heavy (non-hydrogen) atoms. The largest absolute Gasteiger partial charge is 0.345 e. The average molecular weight is 442 g/mol. The topological polar surface area (TPSA) is 108 Å². The quantitative estimate of drug-likeness (QED) is 0.610. The summed E-state index contributed by atoms with van der Waals surface area (Å²) < 4.78 is 41.7. The Morgan fingerprint density at radius 2 is 1.58 bits per heavy atom. The zero-order valence-electron chi connectivity index (χ0n) is 16.7. The minimum atomic E-state index is -4.09. The Morgan fingerprint density at radius 3 is 2.16 bits per heavy atom. The Labute approximate surface area is 178 Å². The second-order valence-corrected chi connectivity index (χ2v) is 8.40. The van der Waals surface area contributed by atoms with E-state index in [9.17, 15) is 22.4 Å². The molecule has 3 aromatic rings. The highest BCUT2D eigenvalue weighted by Crippen LogP contribution is 2.22. The number of halogens is 1. The molecule has 3 rings (SSSR count). The van der Waals surface area contributed by atoms with Gasteiger partial charge in [-0.3, -0.25) is 19.3 Å². The van der Waals surface area contributed by atoms with Crippen molar-refractivity contribution in [3.05, 3.63) is 83.9 Å². The fourth-order valence-electron chi connectivity index (χ4n) is 2.62. The van der Waals surface area contributed by atoms with Crippen LogP contribution in [0.3, 0.4) is 0 Å². The minimum Gasteiger partial charge on any atom is -0.345 e. The number of nitrogens with one attached hydrogen (secondary N) is 2. The second-order valence-electron chi connectivity index (χ2n) is 6.71. The fraction of sp³-hybridized carbons (Fsp3) is 0.0952. The van der Waals surface area contributed by atoms with Crippen LogP contribution < -0.4 is 10.0 Å². The van der Waals surface area contributed by atoms with Crippen molar-refractivity contribution in [2.75, 3.05) is 24.1 Å². The molecule has 0 radical (unpaired) electrons. The number of hydrogen-bond donors (Lipinski definition) is 2. The van der Waals surface area contributed by atoms with Crippen molar-refractivity contribution < 1.29 is 22.4 Å². The van der Waals surface area contributed by atoms with Crippen LogP contribution in [0, 0.1) is 5.82 Å². The summed E-state index contributed by atoms with van der Waals surface area (Å²) in [5.74, 6) is -1.65. The lowest BCUT2D eigenvalue weighted by Gasteiger charge is -2.13. The molecule has 0 saturated carbocycles. The summed E-state index contributed by atoms with van der Waals surface area (Å²) in [4.78, 5) is 29.1. The van der Waals surface area contributed by atoms with Gasteiger partial charge in [-0.25, -0.2) is 12.8 Å². The number of carbonyl (C=O) groups is 2. The van der Waals surface area contributed by atoms with Crippen LogP contribution in [-0.2, 0) is 10.0 Å². The lowest BCUT2D eigenvalue weighted by molar-refractivity contribution is 0.0827. The number of anilines is 2. The van der Waals surface area contributed by atoms with E-state index >= 15 is 0 Å². The van der Waals surface area contributed by atoms with Crippen LogP contribution in [-0.4, -0.2) is 44.2 Å². The smallest absolute Gasteiger partial charge is 0.261 e. The summed E-state index contributed by atoms with van der Waals surface area (Å²) in [6.45, 7) is 0. The third-order valence-corrected chi connectivity index (χ3v) is 5.61. The third-order valence-electron chi connectivity index (χ3n) is 4.23. The number of benzene rings is 2. The molecule has 8 nitrogen and oxygen atoms in total. The molecular formula is C21H19FN4O4S. The van der Waals surface area contributed by atoms with Gasteiger partial charge in [-0.05, 0) is 54.6 Å². The molecule has 0 aliphatic heterocycles. The van der Waals surface area contributed by atoms with Gasteiger partial charge in [0.1, 0.15) is 5.82 Å². The Hall–Kier alpha value is -3.79. The Morgan fingerprint density at radius 1 is 0.935 bits per heavy atom. The van der Waals surface area contributed by atoms with E-state index in [4.69, 9.17) is 0 Å². The number of carbonyl (C=O) groups excluding carboxylic acids is 2. The molecule has 2 aromatic carbocycles. The number of nitrogens with zero attached hydrogens (tertiary/aromatic N) is 2. The highest BCUT2D eigenvalue weighted by atomic mass is 32.2. The first kappa shape index (κ1) is 21.9. The number of aromatic nitrogens is 1. The predicted octanol–water partition coefficient (Wildman–Crippen LogP) is 2.98. The van der Waals surface area contributed by atoms with Crippen molar-refractivity contribution in [3.63, 3.8) is 0 Å². The molecule has 10 heteroatoms. The summed E-state index contributed by atoms with van der Waals surface area (Å²) in [6, 6.07) is 12.0. The molecule has 0 unspecified atom stereocenters. The van der Waals surface area contributed by atoms with Crippen LogP contribution in [0.4, 0.5) is 15.8 Å². The van der Waals surface area contributed by atoms with Crippen molar-refractivity contribution in [2.45, 2.75) is 4.90 Å². The zero-order chi connectivity index (χ0) is 22.6. The van der Waals surface area contributed by atoms with E-state index in [1.807, 2.05) is 0 Å². The molecule has 1 aromatic heterocycles. The lowest BCUT2D eigenvalue weighted by Crippen LogP contribution is -2.22. The van der Waals surface area contributed by atoms with Gasteiger partial charge in [0.25, 0.3) is 21.8 Å². The van der Waals surface area contributed by atoms with E-state index in [1.165, 1.54) is 67.8 Å². The highest BCUT2D eigenvalue weighted by Gasteiger charge is 2.18. The molecule has 0 aliphatic rings. The molecular weight excluding hydrogens is 423 g/mol. The standard InChI is InChI=1S/C21H19FN4O4S/c1-26(2)21(28)15-3-8-19(18(22)13-15)25-31(29,30)17-6-4-16(5-7-17)24-20(27)14-9-11-23-12-10-14/h3-13,25H,1-2H3,(H,24,27). The van der Waals surface area contributed by atoms with Gasteiger partial charge in [-0.2, -0.15) is 0 Å². The highest BCUT2D eigenvalue weighted by molar-refractivity contribution is 7.92. The van der Waals surface area contributed by atoms with Gasteiger partial charge in [-0.1, -0.05) is 0 Å². The SMILES string of the molecule is CN(C)C(=O)c1ccc(NS(=O)(=O)c2ccc(NC(=O)c3ccncc3)cc2)c(F)c1. The van der Waals surface area contributed by atoms with Crippen molar-refractivity contribution in [1.82, 2.24) is 9.88 Å². The van der Waals surface area contributed by atoms with Crippen molar-refractivity contribution >= 4 is 33.2 Å². The van der Waals surface area contributed by atoms with Crippen LogP contribution in [0.1, 0.15) is 20.7 Å². The van der Waals surface area contributed by atoms with Crippen LogP contribution in [0.15, 0.2) is 71.9 Å². The maximum Gasteiger partial charge on any atom is 0.261 e. The Kier molecular flexibility index (Phi) is 6.30. The van der Waals surface area contributed by atoms with Gasteiger partial charge in [0.15, 0.2) is 0 Å². The van der Waals surface area contributed by atoms with E-state index in [-0.39, 0.29) is 22.1 Å². The third kappa shape index (κ3) is 5.23. The van der Waals surface area contributed by atoms with E-state index < -0.39 is 21.7 Å². The zero-order valence-corrected chi connectivity index (χ0v) is 17.5. The maximum atomic E-state index is 14.3. The van der Waals surface area contributed by atoms with Crippen molar-refractivity contribution in [3.8, 4) is 0 Å². The summed E-state index contributed by atoms with van der Waals surface area (Å²) in [7, 11) is -1.03. The number of pyridine rings is 1. The van der Waals surface area contributed by atoms with Gasteiger partial charge in [-0.15, -0.1) is 0 Å². The summed E-state index contributed by atoms with van der Waals surface area (Å²) in [5.41, 5.74) is 0.601. The van der Waals surface area contributed by atoms with E-state index in [0.717, 1.165) is 6.07 Å². The summed E-state index contributed by atoms with van der Waals surface area (Å²) >= 11 is 0. The monoisotopic (exact) mass is 442 g/mol. The van der Waals surface area contributed by atoms with Gasteiger partial charge >= 0.3 is 0 Å². The molecule has 0 fully saturated rings. The maximum absolute atomic E-state index is 14.3. The number of amides is 2. The van der Waals surface area contributed by atoms with Gasteiger partial charge in [0, 0.05) is 43.3 Å². The molecule has 1 heterocycles. The molecule has 2 N–H and O–H groups in total. The van der Waals surface area contributed by atoms with E-state index in [0.29, 0.717) is 11.3 Å². The lowest BCUT2D eigenvalue weighted by atomic mass is 10.2. The normalized spacial score (nSPS) is 10.9.